The van der Waals surface area contributed by atoms with Gasteiger partial charge >= 0.3 is 6.03 Å². The molecule has 2 heterocycles. The Morgan fingerprint density at radius 3 is 2.16 bits per heavy atom. The van der Waals surface area contributed by atoms with E-state index >= 15 is 0 Å². The summed E-state index contributed by atoms with van der Waals surface area (Å²) in [5, 5.41) is 11.6. The number of anilines is 6. The Balaban J connectivity index is 1.35. The average molecular weight is 429 g/mol. The van der Waals surface area contributed by atoms with Crippen molar-refractivity contribution >= 4 is 40.5 Å². The Kier molecular flexibility index (Phi) is 6.17. The zero-order valence-corrected chi connectivity index (χ0v) is 17.1. The second kappa shape index (κ2) is 9.52. The predicted octanol–water partition coefficient (Wildman–Crippen LogP) is 5.45. The molecule has 0 fully saturated rings. The molecule has 2 aromatic heterocycles. The molecular weight excluding hydrogens is 409 g/mol. The Hall–Kier alpha value is -4.53. The maximum absolute atomic E-state index is 13.6. The molecule has 32 heavy (non-hydrogen) atoms. The monoisotopic (exact) mass is 429 g/mol. The molecule has 0 saturated heterocycles. The maximum Gasteiger partial charge on any atom is 0.323 e. The third-order valence-corrected chi connectivity index (χ3v) is 4.43. The van der Waals surface area contributed by atoms with Crippen LogP contribution in [0, 0.1) is 12.7 Å². The number of carbonyl (C=O) groups excluding carboxylic acids is 1. The van der Waals surface area contributed by atoms with Crippen LogP contribution in [0.2, 0.25) is 0 Å². The number of nitrogens with one attached hydrogen (secondary N) is 4. The highest BCUT2D eigenvalue weighted by Gasteiger charge is 2.06. The minimum atomic E-state index is -0.463. The van der Waals surface area contributed by atoms with Crippen LogP contribution in [0.15, 0.2) is 79.3 Å². The first kappa shape index (κ1) is 20.7. The van der Waals surface area contributed by atoms with Crippen molar-refractivity contribution in [2.45, 2.75) is 6.92 Å². The highest BCUT2D eigenvalue weighted by Crippen LogP contribution is 2.20. The topological polar surface area (TPSA) is 104 Å². The van der Waals surface area contributed by atoms with E-state index in [2.05, 4.69) is 36.2 Å². The van der Waals surface area contributed by atoms with Crippen LogP contribution in [-0.4, -0.2) is 21.0 Å². The fourth-order valence-electron chi connectivity index (χ4n) is 2.81. The molecule has 8 nitrogen and oxygen atoms in total. The molecule has 0 unspecified atom stereocenters. The van der Waals surface area contributed by atoms with E-state index in [0.717, 1.165) is 5.69 Å². The second-order valence-electron chi connectivity index (χ2n) is 6.87. The van der Waals surface area contributed by atoms with Crippen LogP contribution in [0.3, 0.4) is 0 Å². The molecule has 0 aliphatic rings. The number of carbonyl (C=O) groups is 1. The van der Waals surface area contributed by atoms with Gasteiger partial charge < -0.3 is 21.3 Å². The summed E-state index contributed by atoms with van der Waals surface area (Å²) in [5.41, 5.74) is 2.25. The van der Waals surface area contributed by atoms with Gasteiger partial charge in [0.15, 0.2) is 0 Å². The molecule has 0 aliphatic carbocycles. The van der Waals surface area contributed by atoms with Gasteiger partial charge in [0.2, 0.25) is 0 Å². The van der Waals surface area contributed by atoms with Crippen molar-refractivity contribution in [3.05, 3.63) is 90.6 Å². The molecule has 0 aliphatic heterocycles. The third-order valence-electron chi connectivity index (χ3n) is 4.43. The van der Waals surface area contributed by atoms with Crippen molar-refractivity contribution in [2.24, 2.45) is 0 Å². The van der Waals surface area contributed by atoms with Gasteiger partial charge in [0.05, 0.1) is 0 Å². The first-order chi connectivity index (χ1) is 15.5. The Bertz CT molecular complexity index is 1220. The summed E-state index contributed by atoms with van der Waals surface area (Å²) >= 11 is 0. The number of pyridine rings is 1. The smallest absolute Gasteiger partial charge is 0.323 e. The molecular formula is C23H20FN7O. The van der Waals surface area contributed by atoms with Crippen LogP contribution in [-0.2, 0) is 0 Å². The van der Waals surface area contributed by atoms with Gasteiger partial charge in [-0.15, -0.1) is 0 Å². The van der Waals surface area contributed by atoms with Crippen molar-refractivity contribution < 1.29 is 9.18 Å². The van der Waals surface area contributed by atoms with Gasteiger partial charge in [-0.3, -0.25) is 0 Å². The summed E-state index contributed by atoms with van der Waals surface area (Å²) in [7, 11) is 0. The number of hydrogen-bond donors (Lipinski definition) is 4. The highest BCUT2D eigenvalue weighted by molar-refractivity contribution is 5.99. The molecule has 2 amide bonds. The fourth-order valence-corrected chi connectivity index (χ4v) is 2.81. The first-order valence-corrected chi connectivity index (χ1v) is 9.76. The van der Waals surface area contributed by atoms with Gasteiger partial charge in [-0.2, -0.15) is 0 Å². The third kappa shape index (κ3) is 5.54. The minimum absolute atomic E-state index is 0.374. The lowest BCUT2D eigenvalue weighted by atomic mass is 10.2. The van der Waals surface area contributed by atoms with E-state index < -0.39 is 6.03 Å². The van der Waals surface area contributed by atoms with Crippen LogP contribution in [0.1, 0.15) is 5.56 Å². The van der Waals surface area contributed by atoms with Crippen molar-refractivity contribution in [1.29, 1.82) is 0 Å². The summed E-state index contributed by atoms with van der Waals surface area (Å²) in [6.07, 6.45) is 3.14. The van der Waals surface area contributed by atoms with Gasteiger partial charge in [-0.05, 0) is 61.0 Å². The van der Waals surface area contributed by atoms with E-state index in [1.807, 2.05) is 18.2 Å². The van der Waals surface area contributed by atoms with Crippen LogP contribution in [0.4, 0.5) is 43.7 Å². The molecule has 2 aromatic carbocycles. The number of benzene rings is 2. The van der Waals surface area contributed by atoms with E-state index in [-0.39, 0.29) is 5.82 Å². The van der Waals surface area contributed by atoms with Gasteiger partial charge in [0, 0.05) is 29.3 Å². The van der Waals surface area contributed by atoms with Crippen molar-refractivity contribution in [3.63, 3.8) is 0 Å². The van der Waals surface area contributed by atoms with E-state index in [9.17, 15) is 9.18 Å². The number of urea groups is 1. The quantitative estimate of drug-likeness (QED) is 0.325. The lowest BCUT2D eigenvalue weighted by molar-refractivity contribution is 0.262. The fraction of sp³-hybridized carbons (Fsp3) is 0.0435. The number of aromatic nitrogens is 3. The molecule has 4 aromatic rings. The summed E-state index contributed by atoms with van der Waals surface area (Å²) in [4.78, 5) is 24.8. The zero-order chi connectivity index (χ0) is 22.3. The van der Waals surface area contributed by atoms with Crippen molar-refractivity contribution in [3.8, 4) is 0 Å². The van der Waals surface area contributed by atoms with Crippen LogP contribution in [0.5, 0.6) is 0 Å². The van der Waals surface area contributed by atoms with Gasteiger partial charge in [0.1, 0.15) is 29.6 Å². The van der Waals surface area contributed by atoms with E-state index in [1.54, 1.807) is 55.6 Å². The summed E-state index contributed by atoms with van der Waals surface area (Å²) in [5.74, 6) is 1.50. The largest absolute Gasteiger partial charge is 0.340 e. The highest BCUT2D eigenvalue weighted by atomic mass is 19.1. The van der Waals surface area contributed by atoms with Gasteiger partial charge in [-0.1, -0.05) is 12.1 Å². The van der Waals surface area contributed by atoms with Crippen LogP contribution >= 0.6 is 0 Å². The zero-order valence-electron chi connectivity index (χ0n) is 17.1. The SMILES string of the molecule is Cc1ccc(NC(=O)Nc2ccc(Nc3cc(Nc4ccccn4)ncn3)cc2)cc1F. The van der Waals surface area contributed by atoms with E-state index in [1.165, 1.54) is 12.4 Å². The minimum Gasteiger partial charge on any atom is -0.340 e. The molecule has 4 rings (SSSR count). The van der Waals surface area contributed by atoms with E-state index in [0.29, 0.717) is 34.4 Å². The van der Waals surface area contributed by atoms with E-state index in [4.69, 9.17) is 0 Å². The predicted molar refractivity (Wildman–Crippen MR) is 123 cm³/mol. The lowest BCUT2D eigenvalue weighted by Crippen LogP contribution is -2.19. The normalized spacial score (nSPS) is 10.3. The summed E-state index contributed by atoms with van der Waals surface area (Å²) in [6, 6.07) is 18.5. The van der Waals surface area contributed by atoms with Gasteiger partial charge in [0.25, 0.3) is 0 Å². The Morgan fingerprint density at radius 2 is 1.44 bits per heavy atom. The number of aryl methyl sites for hydroxylation is 1. The number of nitrogens with zero attached hydrogens (tertiary/aromatic N) is 3. The average Bonchev–Trinajstić information content (AvgIpc) is 2.79. The van der Waals surface area contributed by atoms with Crippen molar-refractivity contribution in [1.82, 2.24) is 15.0 Å². The Labute approximate surface area is 184 Å². The van der Waals surface area contributed by atoms with Crippen LogP contribution in [0.25, 0.3) is 0 Å². The van der Waals surface area contributed by atoms with Crippen LogP contribution < -0.4 is 21.3 Å². The molecule has 0 atom stereocenters. The molecule has 9 heteroatoms. The van der Waals surface area contributed by atoms with Crippen molar-refractivity contribution in [2.75, 3.05) is 21.3 Å². The summed E-state index contributed by atoms with van der Waals surface area (Å²) in [6.45, 7) is 1.66. The Morgan fingerprint density at radius 1 is 0.750 bits per heavy atom. The molecule has 0 saturated carbocycles. The lowest BCUT2D eigenvalue weighted by Gasteiger charge is -2.10. The molecule has 0 bridgehead atoms. The molecule has 0 spiro atoms. The summed E-state index contributed by atoms with van der Waals surface area (Å²) < 4.78 is 13.6. The number of rotatable bonds is 6. The first-order valence-electron chi connectivity index (χ1n) is 9.76. The second-order valence-corrected chi connectivity index (χ2v) is 6.87. The van der Waals surface area contributed by atoms with Gasteiger partial charge in [-0.25, -0.2) is 24.1 Å². The number of hydrogen-bond acceptors (Lipinski definition) is 6. The number of halogens is 1. The molecule has 0 radical (unpaired) electrons. The molecule has 4 N–H and O–H groups in total. The maximum atomic E-state index is 13.6. The molecule has 160 valence electrons. The number of amides is 2. The standard InChI is InChI=1S/C23H20FN7O/c1-15-5-6-18(12-19(15)24)30-23(32)29-17-9-7-16(8-10-17)28-21-13-22(27-14-26-21)31-20-4-2-3-11-25-20/h2-14H,1H3,(H2,29,30,32)(H2,25,26,27,28,31).